The largest absolute Gasteiger partial charge is 0.493 e. The fourth-order valence-corrected chi connectivity index (χ4v) is 2.29. The van der Waals surface area contributed by atoms with Crippen molar-refractivity contribution < 1.29 is 38.5 Å². The lowest BCUT2D eigenvalue weighted by Crippen LogP contribution is -2.24. The first kappa shape index (κ1) is 22.8. The Morgan fingerprint density at radius 3 is 2.21 bits per heavy atom. The van der Waals surface area contributed by atoms with E-state index in [1.54, 1.807) is 12.1 Å². The number of benzene rings is 1. The number of ether oxygens (including phenoxy) is 4. The number of nitrogens with one attached hydrogen (secondary N) is 1. The summed E-state index contributed by atoms with van der Waals surface area (Å²) in [5, 5.41) is 11.6. The van der Waals surface area contributed by atoms with Crippen LogP contribution in [0, 0.1) is 10.1 Å². The second-order valence-corrected chi connectivity index (χ2v) is 5.47. The van der Waals surface area contributed by atoms with Crippen LogP contribution in [0.25, 0.3) is 0 Å². The molecule has 0 spiro atoms. The first-order valence-electron chi connectivity index (χ1n) is 8.44. The van der Waals surface area contributed by atoms with Gasteiger partial charge >= 0.3 is 5.97 Å². The van der Waals surface area contributed by atoms with Crippen LogP contribution in [-0.2, 0) is 14.4 Å². The number of esters is 1. The molecule has 0 aliphatic heterocycles. The highest BCUT2D eigenvalue weighted by Gasteiger charge is 2.16. The van der Waals surface area contributed by atoms with Crippen LogP contribution in [0.4, 0.5) is 0 Å². The van der Waals surface area contributed by atoms with Crippen LogP contribution in [0.1, 0.15) is 36.0 Å². The predicted octanol–water partition coefficient (Wildman–Crippen LogP) is 1.71. The van der Waals surface area contributed by atoms with Crippen molar-refractivity contribution >= 4 is 11.9 Å². The molecule has 0 unspecified atom stereocenters. The molecule has 0 aliphatic rings. The zero-order valence-corrected chi connectivity index (χ0v) is 16.0. The summed E-state index contributed by atoms with van der Waals surface area (Å²) in [5.74, 6) is 0.286. The molecule has 28 heavy (non-hydrogen) atoms. The summed E-state index contributed by atoms with van der Waals surface area (Å²) in [6.07, 6.45) is 1.95. The zero-order valence-electron chi connectivity index (χ0n) is 16.0. The first-order valence-corrected chi connectivity index (χ1v) is 8.44. The number of carbonyl (C=O) groups is 2. The number of rotatable bonds is 13. The molecule has 0 aromatic heterocycles. The molecule has 1 rings (SSSR count). The van der Waals surface area contributed by atoms with Crippen molar-refractivity contribution in [2.24, 2.45) is 0 Å². The van der Waals surface area contributed by atoms with Gasteiger partial charge in [-0.1, -0.05) is 6.42 Å². The molecule has 0 radical (unpaired) electrons. The Balaban J connectivity index is 2.35. The lowest BCUT2D eigenvalue weighted by molar-refractivity contribution is -0.765. The number of carbonyl (C=O) groups excluding carboxylic acids is 2. The summed E-state index contributed by atoms with van der Waals surface area (Å²) >= 11 is 0. The first-order chi connectivity index (χ1) is 13.4. The van der Waals surface area contributed by atoms with E-state index in [1.165, 1.54) is 21.3 Å². The zero-order chi connectivity index (χ0) is 20.9. The lowest BCUT2D eigenvalue weighted by Gasteiger charge is -2.14. The predicted molar refractivity (Wildman–Crippen MR) is 95.9 cm³/mol. The van der Waals surface area contributed by atoms with Crippen LogP contribution >= 0.6 is 0 Å². The Hall–Kier alpha value is -3.24. The summed E-state index contributed by atoms with van der Waals surface area (Å²) in [5.41, 5.74) is 0.365. The van der Waals surface area contributed by atoms with E-state index in [0.29, 0.717) is 48.6 Å². The summed E-state index contributed by atoms with van der Waals surface area (Å²) in [4.78, 5) is 37.4. The smallest absolute Gasteiger partial charge is 0.307 e. The number of hydrogen-bond donors (Lipinski definition) is 1. The second kappa shape index (κ2) is 12.2. The van der Waals surface area contributed by atoms with E-state index < -0.39 is 17.8 Å². The molecule has 156 valence electrons. The second-order valence-electron chi connectivity index (χ2n) is 5.47. The third-order valence-corrected chi connectivity index (χ3v) is 3.65. The topological polar surface area (TPSA) is 135 Å². The van der Waals surface area contributed by atoms with Gasteiger partial charge in [-0.05, 0) is 25.0 Å². The van der Waals surface area contributed by atoms with Gasteiger partial charge in [0.15, 0.2) is 11.5 Å². The van der Waals surface area contributed by atoms with Crippen LogP contribution in [0.3, 0.4) is 0 Å². The van der Waals surface area contributed by atoms with E-state index in [4.69, 9.17) is 14.2 Å². The van der Waals surface area contributed by atoms with Crippen LogP contribution in [0.15, 0.2) is 12.1 Å². The minimum Gasteiger partial charge on any atom is -0.493 e. The molecule has 0 atom stereocenters. The van der Waals surface area contributed by atoms with Gasteiger partial charge in [-0.3, -0.25) is 14.4 Å². The van der Waals surface area contributed by atoms with Gasteiger partial charge in [0.25, 0.3) is 11.0 Å². The summed E-state index contributed by atoms with van der Waals surface area (Å²) in [7, 11) is 4.41. The van der Waals surface area contributed by atoms with E-state index >= 15 is 0 Å². The van der Waals surface area contributed by atoms with Crippen LogP contribution in [-0.4, -0.2) is 51.6 Å². The van der Waals surface area contributed by atoms with E-state index in [-0.39, 0.29) is 12.3 Å². The molecule has 0 aliphatic carbocycles. The standard InChI is InChI=1S/C17H24N2O9/c1-24-13-9-12(10-14(25-2)16(13)26-3)17(21)18-8-6-4-5-7-15(20)27-11-28-19(22)23/h9-10H,4-8,11H2,1-3H3,(H,18,21). The Morgan fingerprint density at radius 2 is 1.68 bits per heavy atom. The minimum absolute atomic E-state index is 0.113. The Kier molecular flexibility index (Phi) is 9.94. The van der Waals surface area contributed by atoms with Gasteiger partial charge in [-0.25, -0.2) is 0 Å². The molecule has 1 N–H and O–H groups in total. The third-order valence-electron chi connectivity index (χ3n) is 3.65. The molecular formula is C17H24N2O9. The quantitative estimate of drug-likeness (QED) is 0.172. The number of unbranched alkanes of at least 4 members (excludes halogenated alkanes) is 2. The van der Waals surface area contributed by atoms with Crippen molar-refractivity contribution in [3.63, 3.8) is 0 Å². The van der Waals surface area contributed by atoms with E-state index in [0.717, 1.165) is 0 Å². The van der Waals surface area contributed by atoms with Gasteiger partial charge in [0.2, 0.25) is 12.5 Å². The van der Waals surface area contributed by atoms with Crippen molar-refractivity contribution in [2.45, 2.75) is 25.7 Å². The molecule has 0 saturated heterocycles. The molecule has 0 bridgehead atoms. The maximum atomic E-state index is 12.3. The average molecular weight is 400 g/mol. The van der Waals surface area contributed by atoms with Gasteiger partial charge in [0, 0.05) is 18.5 Å². The van der Waals surface area contributed by atoms with Gasteiger partial charge in [0.05, 0.1) is 21.3 Å². The number of nitrogens with zero attached hydrogens (tertiary/aromatic N) is 1. The van der Waals surface area contributed by atoms with Crippen LogP contribution in [0.5, 0.6) is 17.2 Å². The Morgan fingerprint density at radius 1 is 1.04 bits per heavy atom. The number of amides is 1. The fourth-order valence-electron chi connectivity index (χ4n) is 2.29. The Bertz CT molecular complexity index is 654. The highest BCUT2D eigenvalue weighted by atomic mass is 17.0. The third kappa shape index (κ3) is 7.56. The van der Waals surface area contributed by atoms with Gasteiger partial charge in [-0.15, -0.1) is 10.1 Å². The van der Waals surface area contributed by atoms with E-state index in [2.05, 4.69) is 14.9 Å². The van der Waals surface area contributed by atoms with Crippen molar-refractivity contribution in [2.75, 3.05) is 34.7 Å². The van der Waals surface area contributed by atoms with Gasteiger partial charge < -0.3 is 24.3 Å². The molecular weight excluding hydrogens is 376 g/mol. The minimum atomic E-state index is -1.04. The molecule has 0 saturated carbocycles. The monoisotopic (exact) mass is 400 g/mol. The molecule has 1 aromatic rings. The highest BCUT2D eigenvalue weighted by Crippen LogP contribution is 2.38. The van der Waals surface area contributed by atoms with Crippen LogP contribution < -0.4 is 19.5 Å². The fraction of sp³-hybridized carbons (Fsp3) is 0.529. The van der Waals surface area contributed by atoms with Gasteiger partial charge in [-0.2, -0.15) is 0 Å². The SMILES string of the molecule is COc1cc(C(=O)NCCCCCC(=O)OCO[N+](=O)[O-])cc(OC)c1OC. The molecule has 11 heteroatoms. The molecule has 0 fully saturated rings. The maximum absolute atomic E-state index is 12.3. The summed E-state index contributed by atoms with van der Waals surface area (Å²) < 4.78 is 20.2. The van der Waals surface area contributed by atoms with E-state index in [1.807, 2.05) is 0 Å². The lowest BCUT2D eigenvalue weighted by atomic mass is 10.1. The van der Waals surface area contributed by atoms with Crippen molar-refractivity contribution in [3.8, 4) is 17.2 Å². The molecule has 1 aromatic carbocycles. The van der Waals surface area contributed by atoms with Crippen LogP contribution in [0.2, 0.25) is 0 Å². The number of methoxy groups -OCH3 is 3. The van der Waals surface area contributed by atoms with E-state index in [9.17, 15) is 19.7 Å². The molecule has 1 amide bonds. The van der Waals surface area contributed by atoms with Crippen molar-refractivity contribution in [1.82, 2.24) is 5.32 Å². The van der Waals surface area contributed by atoms with Crippen molar-refractivity contribution in [3.05, 3.63) is 27.8 Å². The molecule has 11 nitrogen and oxygen atoms in total. The summed E-state index contributed by atoms with van der Waals surface area (Å²) in [6, 6.07) is 3.11. The highest BCUT2D eigenvalue weighted by molar-refractivity contribution is 5.95. The number of hydrogen-bond acceptors (Lipinski definition) is 9. The maximum Gasteiger partial charge on any atom is 0.307 e. The Labute approximate surface area is 161 Å². The van der Waals surface area contributed by atoms with Crippen molar-refractivity contribution in [1.29, 1.82) is 0 Å². The normalized spacial score (nSPS) is 9.96. The molecule has 0 heterocycles. The average Bonchev–Trinajstić information content (AvgIpc) is 2.68. The van der Waals surface area contributed by atoms with Gasteiger partial charge in [0.1, 0.15) is 0 Å². The summed E-state index contributed by atoms with van der Waals surface area (Å²) in [6.45, 7) is -0.300.